The van der Waals surface area contributed by atoms with Crippen LogP contribution in [-0.2, 0) is 17.5 Å². The third-order valence-corrected chi connectivity index (χ3v) is 7.38. The molecule has 2 aliphatic rings. The Labute approximate surface area is 223 Å². The quantitative estimate of drug-likeness (QED) is 0.484. The van der Waals surface area contributed by atoms with Gasteiger partial charge in [-0.3, -0.25) is 24.2 Å². The Hall–Kier alpha value is -3.15. The number of alkyl halides is 3. The van der Waals surface area contributed by atoms with Crippen molar-refractivity contribution in [1.82, 2.24) is 19.6 Å². The highest BCUT2D eigenvalue weighted by Gasteiger charge is 2.35. The van der Waals surface area contributed by atoms with E-state index in [2.05, 4.69) is 9.80 Å². The van der Waals surface area contributed by atoms with Crippen LogP contribution in [-0.4, -0.2) is 90.0 Å². The Morgan fingerprint density at radius 2 is 1.61 bits per heavy atom. The summed E-state index contributed by atoms with van der Waals surface area (Å²) >= 11 is 0.778. The van der Waals surface area contributed by atoms with Crippen molar-refractivity contribution >= 4 is 34.9 Å². The van der Waals surface area contributed by atoms with E-state index in [1.54, 1.807) is 30.3 Å². The zero-order chi connectivity index (χ0) is 27.4. The maximum Gasteiger partial charge on any atom is 0.416 e. The van der Waals surface area contributed by atoms with Gasteiger partial charge in [-0.05, 0) is 67.3 Å². The van der Waals surface area contributed by atoms with Gasteiger partial charge < -0.3 is 9.80 Å². The third kappa shape index (κ3) is 6.83. The molecule has 0 aromatic heterocycles. The third-order valence-electron chi connectivity index (χ3n) is 6.47. The number of imide groups is 1. The van der Waals surface area contributed by atoms with Gasteiger partial charge in [0.2, 0.25) is 0 Å². The average Bonchev–Trinajstić information content (AvgIpc) is 3.15. The molecule has 2 aromatic rings. The summed E-state index contributed by atoms with van der Waals surface area (Å²) in [5.74, 6) is -0.548. The number of halogens is 3. The average molecular weight is 547 g/mol. The molecule has 2 aromatic carbocycles. The van der Waals surface area contributed by atoms with Gasteiger partial charge in [-0.15, -0.1) is 0 Å². The lowest BCUT2D eigenvalue weighted by Gasteiger charge is -2.35. The van der Waals surface area contributed by atoms with Gasteiger partial charge in [-0.1, -0.05) is 24.3 Å². The van der Waals surface area contributed by atoms with Crippen molar-refractivity contribution in [3.8, 4) is 0 Å². The van der Waals surface area contributed by atoms with E-state index in [9.17, 15) is 27.6 Å². The van der Waals surface area contributed by atoms with E-state index < -0.39 is 22.9 Å². The molecule has 2 heterocycles. The number of likely N-dealkylation sites (N-methyl/N-ethyl adjacent to an activating group) is 1. The molecule has 3 amide bonds. The van der Waals surface area contributed by atoms with Crippen LogP contribution in [0.15, 0.2) is 53.4 Å². The molecule has 0 atom stereocenters. The Morgan fingerprint density at radius 3 is 2.18 bits per heavy atom. The molecule has 0 unspecified atom stereocenters. The van der Waals surface area contributed by atoms with Crippen LogP contribution in [0.4, 0.5) is 18.0 Å². The lowest BCUT2D eigenvalue weighted by Crippen LogP contribution is -2.49. The molecule has 0 N–H and O–H groups in total. The minimum absolute atomic E-state index is 0.0410. The Kier molecular flexibility index (Phi) is 8.59. The van der Waals surface area contributed by atoms with Crippen LogP contribution < -0.4 is 0 Å². The second-order valence-corrected chi connectivity index (χ2v) is 10.5. The first-order valence-electron chi connectivity index (χ1n) is 12.2. The summed E-state index contributed by atoms with van der Waals surface area (Å²) in [5, 5.41) is -0.488. The van der Waals surface area contributed by atoms with Crippen LogP contribution in [0.25, 0.3) is 6.08 Å². The van der Waals surface area contributed by atoms with Crippen molar-refractivity contribution in [2.75, 3.05) is 53.4 Å². The number of amides is 3. The van der Waals surface area contributed by atoms with E-state index in [1.165, 1.54) is 12.1 Å². The smallest absolute Gasteiger partial charge is 0.336 e. The van der Waals surface area contributed by atoms with Crippen molar-refractivity contribution in [2.45, 2.75) is 12.7 Å². The summed E-state index contributed by atoms with van der Waals surface area (Å²) in [4.78, 5) is 45.7. The summed E-state index contributed by atoms with van der Waals surface area (Å²) in [7, 11) is 4.08. The molecule has 2 saturated heterocycles. The lowest BCUT2D eigenvalue weighted by molar-refractivity contribution is -0.137. The summed E-state index contributed by atoms with van der Waals surface area (Å²) < 4.78 is 38.3. The highest BCUT2D eigenvalue weighted by atomic mass is 32.2. The first kappa shape index (κ1) is 27.9. The monoisotopic (exact) mass is 546 g/mol. The number of benzene rings is 2. The predicted molar refractivity (Wildman–Crippen MR) is 140 cm³/mol. The molecule has 4 rings (SSSR count). The van der Waals surface area contributed by atoms with Crippen LogP contribution in [0.3, 0.4) is 0 Å². The molecule has 0 radical (unpaired) electrons. The van der Waals surface area contributed by atoms with Gasteiger partial charge in [0.15, 0.2) is 0 Å². The number of hydrogen-bond acceptors (Lipinski definition) is 6. The molecule has 7 nitrogen and oxygen atoms in total. The van der Waals surface area contributed by atoms with E-state index in [0.29, 0.717) is 29.8 Å². The summed E-state index contributed by atoms with van der Waals surface area (Å²) in [6, 6.07) is 11.2. The number of piperazine rings is 1. The first-order valence-corrected chi connectivity index (χ1v) is 13.0. The fourth-order valence-electron chi connectivity index (χ4n) is 4.19. The minimum Gasteiger partial charge on any atom is -0.336 e. The predicted octanol–water partition coefficient (Wildman–Crippen LogP) is 4.26. The van der Waals surface area contributed by atoms with Gasteiger partial charge in [0.05, 0.1) is 17.0 Å². The SMILES string of the molecule is CN(C)CCN1CCN(C(=O)c2ccc(C=C3SC(=O)N(Cc4ccc(C(F)(F)F)cc4)C3=O)cc2)CC1. The van der Waals surface area contributed by atoms with Crippen molar-refractivity contribution in [3.63, 3.8) is 0 Å². The molecule has 38 heavy (non-hydrogen) atoms. The van der Waals surface area contributed by atoms with E-state index in [-0.39, 0.29) is 17.4 Å². The van der Waals surface area contributed by atoms with Crippen LogP contribution in [0.1, 0.15) is 27.0 Å². The number of carbonyl (C=O) groups is 3. The molecular weight excluding hydrogens is 517 g/mol. The lowest BCUT2D eigenvalue weighted by atomic mass is 10.1. The topological polar surface area (TPSA) is 64.2 Å². The van der Waals surface area contributed by atoms with Gasteiger partial charge in [0, 0.05) is 44.8 Å². The fraction of sp³-hybridized carbons (Fsp3) is 0.370. The van der Waals surface area contributed by atoms with E-state index >= 15 is 0 Å². The fourth-order valence-corrected chi connectivity index (χ4v) is 5.03. The summed E-state index contributed by atoms with van der Waals surface area (Å²) in [6.45, 7) is 4.83. The minimum atomic E-state index is -4.45. The maximum absolute atomic E-state index is 12.9. The van der Waals surface area contributed by atoms with Crippen LogP contribution in [0.5, 0.6) is 0 Å². The number of nitrogens with zero attached hydrogens (tertiary/aromatic N) is 4. The number of rotatable bonds is 7. The summed E-state index contributed by atoms with van der Waals surface area (Å²) in [5.41, 5.74) is 0.844. The zero-order valence-electron chi connectivity index (χ0n) is 21.2. The maximum atomic E-state index is 12.9. The molecule has 0 aliphatic carbocycles. The molecule has 202 valence electrons. The molecule has 0 spiro atoms. The van der Waals surface area contributed by atoms with Crippen LogP contribution >= 0.6 is 11.8 Å². The van der Waals surface area contributed by atoms with Gasteiger partial charge in [-0.2, -0.15) is 13.2 Å². The molecule has 0 saturated carbocycles. The van der Waals surface area contributed by atoms with E-state index in [0.717, 1.165) is 55.0 Å². The van der Waals surface area contributed by atoms with Crippen molar-refractivity contribution in [2.24, 2.45) is 0 Å². The largest absolute Gasteiger partial charge is 0.416 e. The first-order chi connectivity index (χ1) is 18.0. The van der Waals surface area contributed by atoms with Crippen molar-refractivity contribution in [3.05, 3.63) is 75.7 Å². The van der Waals surface area contributed by atoms with E-state index in [1.807, 2.05) is 19.0 Å². The van der Waals surface area contributed by atoms with Gasteiger partial charge in [0.1, 0.15) is 0 Å². The Morgan fingerprint density at radius 1 is 0.974 bits per heavy atom. The van der Waals surface area contributed by atoms with Gasteiger partial charge in [-0.25, -0.2) is 0 Å². The number of carbonyl (C=O) groups excluding carboxylic acids is 3. The van der Waals surface area contributed by atoms with E-state index in [4.69, 9.17) is 0 Å². The number of hydrogen-bond donors (Lipinski definition) is 0. The van der Waals surface area contributed by atoms with Crippen molar-refractivity contribution < 1.29 is 27.6 Å². The highest BCUT2D eigenvalue weighted by molar-refractivity contribution is 8.18. The number of thioether (sulfide) groups is 1. The molecule has 11 heteroatoms. The standard InChI is InChI=1S/C27H29F3N4O3S/c1-31(2)11-12-32-13-15-33(16-14-32)24(35)21-7-3-19(4-8-21)17-23-25(36)34(26(37)38-23)18-20-5-9-22(10-6-20)27(28,29)30/h3-10,17H,11-16,18H2,1-2H3. The molecular formula is C27H29F3N4O3S. The molecule has 2 fully saturated rings. The molecule has 0 bridgehead atoms. The second kappa shape index (κ2) is 11.7. The molecule has 2 aliphatic heterocycles. The second-order valence-electron chi connectivity index (χ2n) is 9.52. The zero-order valence-corrected chi connectivity index (χ0v) is 22.0. The van der Waals surface area contributed by atoms with Gasteiger partial charge >= 0.3 is 6.18 Å². The van der Waals surface area contributed by atoms with Gasteiger partial charge in [0.25, 0.3) is 17.1 Å². The Balaban J connectivity index is 1.35. The summed E-state index contributed by atoms with van der Waals surface area (Å²) in [6.07, 6.45) is -2.88. The normalized spacial score (nSPS) is 18.2. The highest BCUT2D eigenvalue weighted by Crippen LogP contribution is 2.34. The Bertz CT molecular complexity index is 1210. The van der Waals surface area contributed by atoms with Crippen LogP contribution in [0.2, 0.25) is 0 Å². The van der Waals surface area contributed by atoms with Crippen molar-refractivity contribution in [1.29, 1.82) is 0 Å². The van der Waals surface area contributed by atoms with Crippen LogP contribution in [0, 0.1) is 0 Å².